The van der Waals surface area contributed by atoms with Gasteiger partial charge in [0.15, 0.2) is 17.2 Å². The van der Waals surface area contributed by atoms with Crippen LogP contribution < -0.4 is 16.0 Å². The van der Waals surface area contributed by atoms with Gasteiger partial charge >= 0.3 is 6.18 Å². The molecule has 0 saturated carbocycles. The van der Waals surface area contributed by atoms with Crippen molar-refractivity contribution in [3.8, 4) is 22.8 Å². The fraction of sp³-hybridized carbons (Fsp3) is 0.240. The average Bonchev–Trinajstić information content (AvgIpc) is 2.86. The Labute approximate surface area is 223 Å². The van der Waals surface area contributed by atoms with Gasteiger partial charge in [0.25, 0.3) is 5.56 Å². The minimum Gasteiger partial charge on any atom is -0.485 e. The molecule has 1 atom stereocenters. The molecular weight excluding hydrogens is 547 g/mol. The average molecular weight is 567 g/mol. The number of ether oxygens (including phenoxy) is 1. The van der Waals surface area contributed by atoms with Crippen molar-refractivity contribution in [3.63, 3.8) is 0 Å². The van der Waals surface area contributed by atoms with Crippen LogP contribution >= 0.6 is 11.6 Å². The lowest BCUT2D eigenvalue weighted by Gasteiger charge is -2.26. The zero-order chi connectivity index (χ0) is 28.7. The molecule has 4 rings (SSSR count). The number of nitrogens with two attached hydrogens (primary N) is 1. The van der Waals surface area contributed by atoms with Crippen LogP contribution in [0.2, 0.25) is 5.02 Å². The van der Waals surface area contributed by atoms with E-state index in [1.165, 1.54) is 29.0 Å². The van der Waals surface area contributed by atoms with E-state index in [-0.39, 0.29) is 27.9 Å². The van der Waals surface area contributed by atoms with Crippen LogP contribution in [0.25, 0.3) is 17.1 Å². The summed E-state index contributed by atoms with van der Waals surface area (Å²) in [6, 6.07) is 4.92. The molecule has 39 heavy (non-hydrogen) atoms. The van der Waals surface area contributed by atoms with E-state index in [9.17, 15) is 26.7 Å². The van der Waals surface area contributed by atoms with Gasteiger partial charge in [-0.3, -0.25) is 19.3 Å². The molecule has 0 aliphatic rings. The third kappa shape index (κ3) is 5.45. The number of nitrogens with zero attached hydrogens (tertiary/aromatic N) is 5. The third-order valence-corrected chi connectivity index (χ3v) is 6.18. The molecule has 0 aliphatic carbocycles. The van der Waals surface area contributed by atoms with E-state index in [2.05, 4.69) is 19.9 Å². The SMILES string of the molecule is Cc1cnc(-c2ccnc(C(C)(N)C(F)(F)F)n2)cc1-n1c(C)cc(OCc2ncc(F)cc2F)c(Cl)c1=O. The second-order valence-electron chi connectivity index (χ2n) is 8.80. The molecule has 0 spiro atoms. The van der Waals surface area contributed by atoms with Crippen molar-refractivity contribution in [3.05, 3.63) is 92.6 Å². The number of halogens is 6. The maximum atomic E-state index is 13.9. The first-order valence-electron chi connectivity index (χ1n) is 11.2. The Bertz CT molecular complexity index is 1620. The zero-order valence-electron chi connectivity index (χ0n) is 20.6. The van der Waals surface area contributed by atoms with E-state index in [4.69, 9.17) is 22.1 Å². The van der Waals surface area contributed by atoms with Gasteiger partial charge in [0.2, 0.25) is 0 Å². The molecule has 0 aromatic carbocycles. The minimum atomic E-state index is -4.80. The quantitative estimate of drug-likeness (QED) is 0.329. The standard InChI is InChI=1S/C25H20ClF5N6O2/c1-12-9-34-17(16-4-5-33-23(36-16)24(3,32)25(29,30)31)8-19(12)37-13(2)6-20(21(26)22(37)38)39-11-18-15(28)7-14(27)10-35-18/h4-10H,11,32H2,1-3H3. The lowest BCUT2D eigenvalue weighted by Crippen LogP contribution is -2.49. The van der Waals surface area contributed by atoms with Crippen molar-refractivity contribution >= 4 is 11.6 Å². The van der Waals surface area contributed by atoms with E-state index in [0.717, 1.165) is 19.3 Å². The summed E-state index contributed by atoms with van der Waals surface area (Å²) in [5, 5.41) is -0.325. The van der Waals surface area contributed by atoms with Crippen LogP contribution in [0.4, 0.5) is 22.0 Å². The normalized spacial score (nSPS) is 13.3. The minimum absolute atomic E-state index is 0.0488. The summed E-state index contributed by atoms with van der Waals surface area (Å²) >= 11 is 6.29. The van der Waals surface area contributed by atoms with Crippen LogP contribution in [-0.4, -0.2) is 30.7 Å². The fourth-order valence-electron chi connectivity index (χ4n) is 3.55. The predicted molar refractivity (Wildman–Crippen MR) is 131 cm³/mol. The van der Waals surface area contributed by atoms with Crippen LogP contribution in [-0.2, 0) is 12.1 Å². The molecule has 8 nitrogen and oxygen atoms in total. The summed E-state index contributed by atoms with van der Waals surface area (Å²) < 4.78 is 74.0. The van der Waals surface area contributed by atoms with Crippen molar-refractivity contribution < 1.29 is 26.7 Å². The van der Waals surface area contributed by atoms with E-state index >= 15 is 0 Å². The van der Waals surface area contributed by atoms with Crippen molar-refractivity contribution in [1.29, 1.82) is 0 Å². The molecule has 0 aliphatic heterocycles. The van der Waals surface area contributed by atoms with E-state index < -0.39 is 41.3 Å². The maximum Gasteiger partial charge on any atom is 0.413 e. The van der Waals surface area contributed by atoms with Gasteiger partial charge in [-0.2, -0.15) is 13.2 Å². The van der Waals surface area contributed by atoms with Crippen LogP contribution in [0.1, 0.15) is 29.7 Å². The topological polar surface area (TPSA) is 109 Å². The first-order valence-corrected chi connectivity index (χ1v) is 11.6. The Morgan fingerprint density at radius 3 is 2.44 bits per heavy atom. The van der Waals surface area contributed by atoms with Gasteiger partial charge < -0.3 is 10.5 Å². The molecule has 0 radical (unpaired) electrons. The Kier molecular flexibility index (Phi) is 7.41. The molecule has 4 heterocycles. The first kappa shape index (κ1) is 28.0. The zero-order valence-corrected chi connectivity index (χ0v) is 21.4. The highest BCUT2D eigenvalue weighted by Gasteiger charge is 2.51. The molecule has 0 saturated heterocycles. The Hall–Kier alpha value is -3.97. The number of rotatable bonds is 6. The van der Waals surface area contributed by atoms with Crippen LogP contribution in [0.5, 0.6) is 5.75 Å². The molecule has 4 aromatic heterocycles. The van der Waals surface area contributed by atoms with Crippen molar-refractivity contribution in [2.24, 2.45) is 5.73 Å². The second-order valence-corrected chi connectivity index (χ2v) is 9.17. The predicted octanol–water partition coefficient (Wildman–Crippen LogP) is 4.95. The second kappa shape index (κ2) is 10.3. The van der Waals surface area contributed by atoms with Gasteiger partial charge in [0.05, 0.1) is 23.3 Å². The Balaban J connectivity index is 1.72. The number of hydrogen-bond donors (Lipinski definition) is 1. The fourth-order valence-corrected chi connectivity index (χ4v) is 3.75. The van der Waals surface area contributed by atoms with Gasteiger partial charge in [0, 0.05) is 30.2 Å². The highest BCUT2D eigenvalue weighted by atomic mass is 35.5. The van der Waals surface area contributed by atoms with Crippen LogP contribution in [0.15, 0.2) is 47.7 Å². The number of hydrogen-bond acceptors (Lipinski definition) is 7. The Morgan fingerprint density at radius 2 is 1.77 bits per heavy atom. The summed E-state index contributed by atoms with van der Waals surface area (Å²) in [4.78, 5) is 28.8. The number of aromatic nitrogens is 5. The van der Waals surface area contributed by atoms with Crippen molar-refractivity contribution in [2.75, 3.05) is 0 Å². The van der Waals surface area contributed by atoms with Crippen LogP contribution in [0, 0.1) is 25.5 Å². The summed E-state index contributed by atoms with van der Waals surface area (Å²) in [5.41, 5.74) is 3.22. The van der Waals surface area contributed by atoms with Crippen molar-refractivity contribution in [1.82, 2.24) is 24.5 Å². The molecule has 0 fully saturated rings. The van der Waals surface area contributed by atoms with E-state index in [0.29, 0.717) is 23.0 Å². The number of pyridine rings is 3. The van der Waals surface area contributed by atoms with Crippen molar-refractivity contribution in [2.45, 2.75) is 39.1 Å². The van der Waals surface area contributed by atoms with E-state index in [1.54, 1.807) is 13.8 Å². The van der Waals surface area contributed by atoms with Gasteiger partial charge in [0.1, 0.15) is 28.9 Å². The van der Waals surface area contributed by atoms with Gasteiger partial charge in [-0.1, -0.05) is 11.6 Å². The molecule has 1 unspecified atom stereocenters. The summed E-state index contributed by atoms with van der Waals surface area (Å²) in [6.07, 6.45) is -1.42. The van der Waals surface area contributed by atoms with Gasteiger partial charge in [-0.25, -0.2) is 18.7 Å². The summed E-state index contributed by atoms with van der Waals surface area (Å²) in [5.74, 6) is -2.48. The Morgan fingerprint density at radius 1 is 1.05 bits per heavy atom. The lowest BCUT2D eigenvalue weighted by molar-refractivity contribution is -0.186. The molecule has 4 aromatic rings. The first-order chi connectivity index (χ1) is 18.2. The molecule has 204 valence electrons. The summed E-state index contributed by atoms with van der Waals surface area (Å²) in [6.45, 7) is 3.61. The lowest BCUT2D eigenvalue weighted by atomic mass is 10.0. The monoisotopic (exact) mass is 566 g/mol. The molecule has 2 N–H and O–H groups in total. The smallest absolute Gasteiger partial charge is 0.413 e. The highest BCUT2D eigenvalue weighted by Crippen LogP contribution is 2.35. The third-order valence-electron chi connectivity index (χ3n) is 5.84. The molecule has 0 amide bonds. The van der Waals surface area contributed by atoms with E-state index in [1.807, 2.05) is 0 Å². The largest absolute Gasteiger partial charge is 0.485 e. The van der Waals surface area contributed by atoms with Gasteiger partial charge in [-0.05, 0) is 38.5 Å². The maximum absolute atomic E-state index is 13.9. The summed E-state index contributed by atoms with van der Waals surface area (Å²) in [7, 11) is 0. The van der Waals surface area contributed by atoms with Gasteiger partial charge in [-0.15, -0.1) is 0 Å². The molecule has 14 heteroatoms. The number of alkyl halides is 3. The number of aryl methyl sites for hydroxylation is 2. The highest BCUT2D eigenvalue weighted by molar-refractivity contribution is 6.31. The van der Waals surface area contributed by atoms with Crippen LogP contribution in [0.3, 0.4) is 0 Å². The molecular formula is C25H20ClF5N6O2. The molecule has 0 bridgehead atoms.